The lowest BCUT2D eigenvalue weighted by molar-refractivity contribution is -0.121. The molecule has 0 unspecified atom stereocenters. The molecule has 122 valence electrons. The van der Waals surface area contributed by atoms with Crippen molar-refractivity contribution in [3.63, 3.8) is 0 Å². The Morgan fingerprint density at radius 2 is 1.87 bits per heavy atom. The molecule has 0 fully saturated rings. The average molecular weight is 333 g/mol. The molecule has 0 aliphatic carbocycles. The molecule has 1 amide bonds. The predicted octanol–water partition coefficient (Wildman–Crippen LogP) is 3.86. The molecule has 2 aromatic carbocycles. The third kappa shape index (κ3) is 5.83. The van der Waals surface area contributed by atoms with Gasteiger partial charge in [0.15, 0.2) is 0 Å². The summed E-state index contributed by atoms with van der Waals surface area (Å²) < 4.78 is 5.54. The zero-order valence-electron chi connectivity index (χ0n) is 13.1. The van der Waals surface area contributed by atoms with Gasteiger partial charge in [-0.05, 0) is 36.8 Å². The number of ether oxygens (including phenoxy) is 1. The number of hydrogen-bond acceptors (Lipinski definition) is 3. The van der Waals surface area contributed by atoms with Crippen LogP contribution in [-0.4, -0.2) is 19.1 Å². The molecule has 2 N–H and O–H groups in total. The van der Waals surface area contributed by atoms with Crippen LogP contribution in [0.3, 0.4) is 0 Å². The van der Waals surface area contributed by atoms with Gasteiger partial charge >= 0.3 is 0 Å². The Morgan fingerprint density at radius 1 is 1.13 bits per heavy atom. The lowest BCUT2D eigenvalue weighted by Crippen LogP contribution is -2.24. The zero-order chi connectivity index (χ0) is 16.5. The van der Waals surface area contributed by atoms with E-state index in [1.165, 1.54) is 0 Å². The number of carbonyl (C=O) groups is 1. The molecule has 5 heteroatoms. The van der Waals surface area contributed by atoms with Crippen molar-refractivity contribution in [1.29, 1.82) is 0 Å². The summed E-state index contributed by atoms with van der Waals surface area (Å²) in [6.45, 7) is 3.61. The minimum atomic E-state index is 0.00124. The molecule has 2 aromatic rings. The van der Waals surface area contributed by atoms with Crippen molar-refractivity contribution in [2.75, 3.05) is 18.5 Å². The molecule has 0 aromatic heterocycles. The Kier molecular flexibility index (Phi) is 6.76. The molecule has 0 aliphatic heterocycles. The van der Waals surface area contributed by atoms with Gasteiger partial charge in [-0.3, -0.25) is 4.79 Å². The van der Waals surface area contributed by atoms with E-state index in [0.29, 0.717) is 31.1 Å². The summed E-state index contributed by atoms with van der Waals surface area (Å²) in [6.07, 6.45) is 0.397. The first-order valence-corrected chi connectivity index (χ1v) is 8.03. The number of carbonyl (C=O) groups excluding carboxylic acids is 1. The molecule has 2 rings (SSSR count). The summed E-state index contributed by atoms with van der Waals surface area (Å²) in [5, 5.41) is 6.81. The van der Waals surface area contributed by atoms with E-state index in [9.17, 15) is 4.79 Å². The molecule has 0 radical (unpaired) electrons. The summed E-state index contributed by atoms with van der Waals surface area (Å²) in [5.41, 5.74) is 1.93. The first-order valence-electron chi connectivity index (χ1n) is 7.66. The fourth-order valence-corrected chi connectivity index (χ4v) is 2.22. The first-order chi connectivity index (χ1) is 11.2. The number of amides is 1. The summed E-state index contributed by atoms with van der Waals surface area (Å²) in [6, 6.07) is 15.1. The lowest BCUT2D eigenvalue weighted by Gasteiger charge is -2.12. The maximum atomic E-state index is 11.9. The number of hydrogen-bond donors (Lipinski definition) is 2. The Balaban J connectivity index is 1.73. The molecule has 0 saturated heterocycles. The standard InChI is InChI=1S/C18H21ClN2O2/c1-2-23-17-6-4-3-5-16(17)20-12-11-18(22)21-13-14-7-9-15(19)10-8-14/h3-10,20H,2,11-13H2,1H3,(H,21,22). The van der Waals surface area contributed by atoms with E-state index in [4.69, 9.17) is 16.3 Å². The van der Waals surface area contributed by atoms with E-state index in [1.807, 2.05) is 55.5 Å². The molecule has 0 atom stereocenters. The predicted molar refractivity (Wildman–Crippen MR) is 94.0 cm³/mol. The monoisotopic (exact) mass is 332 g/mol. The Labute approximate surface area is 141 Å². The Bertz CT molecular complexity index is 629. The highest BCUT2D eigenvalue weighted by molar-refractivity contribution is 6.30. The van der Waals surface area contributed by atoms with Crippen LogP contribution in [0.25, 0.3) is 0 Å². The number of nitrogens with one attached hydrogen (secondary N) is 2. The SMILES string of the molecule is CCOc1ccccc1NCCC(=O)NCc1ccc(Cl)cc1. The van der Waals surface area contributed by atoms with Crippen LogP contribution in [0.1, 0.15) is 18.9 Å². The molecule has 0 aliphatic rings. The first kappa shape index (κ1) is 17.2. The molecule has 0 heterocycles. The summed E-state index contributed by atoms with van der Waals surface area (Å²) in [4.78, 5) is 11.9. The maximum Gasteiger partial charge on any atom is 0.222 e. The zero-order valence-corrected chi connectivity index (χ0v) is 13.9. The Morgan fingerprint density at radius 3 is 2.61 bits per heavy atom. The van der Waals surface area contributed by atoms with Crippen LogP contribution >= 0.6 is 11.6 Å². The average Bonchev–Trinajstić information content (AvgIpc) is 2.56. The molecule has 0 saturated carbocycles. The number of para-hydroxylation sites is 2. The van der Waals surface area contributed by atoms with Crippen LogP contribution in [0.2, 0.25) is 5.02 Å². The van der Waals surface area contributed by atoms with E-state index in [1.54, 1.807) is 0 Å². The van der Waals surface area contributed by atoms with Gasteiger partial charge in [0.25, 0.3) is 0 Å². The van der Waals surface area contributed by atoms with E-state index in [-0.39, 0.29) is 5.91 Å². The highest BCUT2D eigenvalue weighted by Crippen LogP contribution is 2.23. The number of rotatable bonds is 8. The molecule has 0 bridgehead atoms. The van der Waals surface area contributed by atoms with Crippen molar-refractivity contribution >= 4 is 23.2 Å². The smallest absolute Gasteiger partial charge is 0.222 e. The van der Waals surface area contributed by atoms with Gasteiger partial charge in [-0.2, -0.15) is 0 Å². The minimum Gasteiger partial charge on any atom is -0.492 e. The van der Waals surface area contributed by atoms with Gasteiger partial charge in [0.2, 0.25) is 5.91 Å². The number of anilines is 1. The third-order valence-corrected chi connectivity index (χ3v) is 3.51. The largest absolute Gasteiger partial charge is 0.492 e. The maximum absolute atomic E-state index is 11.9. The van der Waals surface area contributed by atoms with Crippen molar-refractivity contribution in [2.24, 2.45) is 0 Å². The highest BCUT2D eigenvalue weighted by atomic mass is 35.5. The molecule has 0 spiro atoms. The van der Waals surface area contributed by atoms with E-state index in [2.05, 4.69) is 10.6 Å². The molecule has 4 nitrogen and oxygen atoms in total. The van der Waals surface area contributed by atoms with E-state index >= 15 is 0 Å². The van der Waals surface area contributed by atoms with Crippen LogP contribution in [0, 0.1) is 0 Å². The van der Waals surface area contributed by atoms with Crippen LogP contribution in [-0.2, 0) is 11.3 Å². The number of halogens is 1. The second kappa shape index (κ2) is 9.06. The summed E-state index contributed by atoms with van der Waals surface area (Å²) in [5.74, 6) is 0.804. The van der Waals surface area contributed by atoms with E-state index in [0.717, 1.165) is 17.0 Å². The fourth-order valence-electron chi connectivity index (χ4n) is 2.10. The van der Waals surface area contributed by atoms with E-state index < -0.39 is 0 Å². The van der Waals surface area contributed by atoms with Gasteiger partial charge < -0.3 is 15.4 Å². The van der Waals surface area contributed by atoms with Crippen LogP contribution in [0.15, 0.2) is 48.5 Å². The van der Waals surface area contributed by atoms with Gasteiger partial charge in [0.05, 0.1) is 12.3 Å². The van der Waals surface area contributed by atoms with Crippen molar-refractivity contribution in [3.8, 4) is 5.75 Å². The highest BCUT2D eigenvalue weighted by Gasteiger charge is 2.04. The van der Waals surface area contributed by atoms with Gasteiger partial charge in [0, 0.05) is 24.5 Å². The summed E-state index contributed by atoms with van der Waals surface area (Å²) >= 11 is 5.83. The van der Waals surface area contributed by atoms with Gasteiger partial charge in [-0.25, -0.2) is 0 Å². The van der Waals surface area contributed by atoms with Gasteiger partial charge in [0.1, 0.15) is 5.75 Å². The van der Waals surface area contributed by atoms with Crippen LogP contribution in [0.5, 0.6) is 5.75 Å². The quantitative estimate of drug-likeness (QED) is 0.771. The molecular weight excluding hydrogens is 312 g/mol. The molecule has 23 heavy (non-hydrogen) atoms. The van der Waals surface area contributed by atoms with Crippen LogP contribution in [0.4, 0.5) is 5.69 Å². The Hall–Kier alpha value is -2.20. The van der Waals surface area contributed by atoms with Crippen molar-refractivity contribution in [3.05, 3.63) is 59.1 Å². The van der Waals surface area contributed by atoms with Crippen LogP contribution < -0.4 is 15.4 Å². The fraction of sp³-hybridized carbons (Fsp3) is 0.278. The number of benzene rings is 2. The summed E-state index contributed by atoms with van der Waals surface area (Å²) in [7, 11) is 0. The van der Waals surface area contributed by atoms with Crippen molar-refractivity contribution in [2.45, 2.75) is 19.9 Å². The van der Waals surface area contributed by atoms with Gasteiger partial charge in [-0.1, -0.05) is 35.9 Å². The second-order valence-electron chi connectivity index (χ2n) is 5.01. The molecular formula is C18H21ClN2O2. The minimum absolute atomic E-state index is 0.00124. The normalized spacial score (nSPS) is 10.2. The van der Waals surface area contributed by atoms with Crippen molar-refractivity contribution in [1.82, 2.24) is 5.32 Å². The topological polar surface area (TPSA) is 50.4 Å². The van der Waals surface area contributed by atoms with Crippen molar-refractivity contribution < 1.29 is 9.53 Å². The van der Waals surface area contributed by atoms with Gasteiger partial charge in [-0.15, -0.1) is 0 Å². The lowest BCUT2D eigenvalue weighted by atomic mass is 10.2. The second-order valence-corrected chi connectivity index (χ2v) is 5.45. The third-order valence-electron chi connectivity index (χ3n) is 3.26.